The number of nitrogens with two attached hydrogens (primary N) is 1. The van der Waals surface area contributed by atoms with Gasteiger partial charge in [0.2, 0.25) is 0 Å². The first-order valence-electron chi connectivity index (χ1n) is 5.71. The summed E-state index contributed by atoms with van der Waals surface area (Å²) in [5.74, 6) is 0. The van der Waals surface area contributed by atoms with Gasteiger partial charge in [0, 0.05) is 10.6 Å². The lowest BCUT2D eigenvalue weighted by Gasteiger charge is -2.42. The van der Waals surface area contributed by atoms with Crippen molar-refractivity contribution in [1.82, 2.24) is 0 Å². The second kappa shape index (κ2) is 3.86. The molecule has 1 aliphatic heterocycles. The molecule has 0 amide bonds. The normalized spacial score (nSPS) is 17.7. The van der Waals surface area contributed by atoms with Gasteiger partial charge in [0.1, 0.15) is 0 Å². The Balaban J connectivity index is 2.12. The fourth-order valence-corrected chi connectivity index (χ4v) is 3.56. The van der Waals surface area contributed by atoms with Gasteiger partial charge in [0.05, 0.1) is 18.6 Å². The molecule has 0 atom stereocenters. The number of anilines is 1. The monoisotopic (exact) mass is 245 g/mol. The summed E-state index contributed by atoms with van der Waals surface area (Å²) in [6.07, 6.45) is 0. The molecule has 1 fully saturated rings. The summed E-state index contributed by atoms with van der Waals surface area (Å²) >= 11 is 1.81. The van der Waals surface area contributed by atoms with E-state index in [-0.39, 0.29) is 5.41 Å². The van der Waals surface area contributed by atoms with Crippen LogP contribution in [-0.2, 0) is 10.2 Å². The molecule has 1 saturated heterocycles. The minimum atomic E-state index is 0.0353. The van der Waals surface area contributed by atoms with E-state index in [0.717, 1.165) is 18.9 Å². The van der Waals surface area contributed by atoms with Crippen LogP contribution >= 0.6 is 11.3 Å². The van der Waals surface area contributed by atoms with Crippen molar-refractivity contribution in [3.05, 3.63) is 51.7 Å². The second-order valence-electron chi connectivity index (χ2n) is 4.63. The van der Waals surface area contributed by atoms with Gasteiger partial charge >= 0.3 is 0 Å². The van der Waals surface area contributed by atoms with Crippen LogP contribution in [0.5, 0.6) is 0 Å². The van der Waals surface area contributed by atoms with E-state index in [0.29, 0.717) is 0 Å². The van der Waals surface area contributed by atoms with Crippen LogP contribution in [0.4, 0.5) is 5.69 Å². The highest BCUT2D eigenvalue weighted by Gasteiger charge is 2.43. The van der Waals surface area contributed by atoms with E-state index in [1.807, 2.05) is 23.5 Å². The third-order valence-electron chi connectivity index (χ3n) is 3.43. The number of hydrogen-bond acceptors (Lipinski definition) is 3. The third kappa shape index (κ3) is 1.58. The molecule has 1 aromatic carbocycles. The summed E-state index contributed by atoms with van der Waals surface area (Å²) in [5.41, 5.74) is 9.37. The first-order valence-corrected chi connectivity index (χ1v) is 6.59. The van der Waals surface area contributed by atoms with Crippen LogP contribution in [0.1, 0.15) is 16.0 Å². The molecule has 3 heteroatoms. The van der Waals surface area contributed by atoms with Crippen LogP contribution in [0.15, 0.2) is 35.7 Å². The minimum Gasteiger partial charge on any atom is -0.399 e. The van der Waals surface area contributed by atoms with E-state index in [9.17, 15) is 0 Å². The summed E-state index contributed by atoms with van der Waals surface area (Å²) in [6.45, 7) is 3.69. The molecule has 17 heavy (non-hydrogen) atoms. The molecule has 0 saturated carbocycles. The number of benzene rings is 1. The third-order valence-corrected chi connectivity index (χ3v) is 4.65. The maximum Gasteiger partial charge on any atom is 0.0766 e. The number of aryl methyl sites for hydroxylation is 1. The lowest BCUT2D eigenvalue weighted by atomic mass is 9.76. The number of hydrogen-bond donors (Lipinski definition) is 1. The molecule has 2 heterocycles. The fourth-order valence-electron chi connectivity index (χ4n) is 2.43. The average molecular weight is 245 g/mol. The van der Waals surface area contributed by atoms with E-state index in [1.54, 1.807) is 0 Å². The summed E-state index contributed by atoms with van der Waals surface area (Å²) < 4.78 is 5.48. The van der Waals surface area contributed by atoms with E-state index in [1.165, 1.54) is 16.0 Å². The molecule has 0 spiro atoms. The molecule has 0 unspecified atom stereocenters. The molecule has 2 N–H and O–H groups in total. The van der Waals surface area contributed by atoms with Gasteiger partial charge < -0.3 is 10.5 Å². The molecular formula is C14H15NOS. The first-order chi connectivity index (χ1) is 8.22. The Morgan fingerprint density at radius 1 is 1.29 bits per heavy atom. The minimum absolute atomic E-state index is 0.0353. The van der Waals surface area contributed by atoms with Gasteiger partial charge in [-0.15, -0.1) is 11.3 Å². The molecular weight excluding hydrogens is 230 g/mol. The molecule has 2 nitrogen and oxygen atoms in total. The van der Waals surface area contributed by atoms with E-state index in [2.05, 4.69) is 30.5 Å². The smallest absolute Gasteiger partial charge is 0.0766 e. The molecule has 88 valence electrons. The van der Waals surface area contributed by atoms with Crippen molar-refractivity contribution in [1.29, 1.82) is 0 Å². The zero-order valence-corrected chi connectivity index (χ0v) is 10.6. The van der Waals surface area contributed by atoms with Crippen molar-refractivity contribution in [2.75, 3.05) is 18.9 Å². The lowest BCUT2D eigenvalue weighted by molar-refractivity contribution is -0.0364. The summed E-state index contributed by atoms with van der Waals surface area (Å²) in [5, 5.41) is 2.15. The largest absolute Gasteiger partial charge is 0.399 e. The van der Waals surface area contributed by atoms with Gasteiger partial charge in [-0.25, -0.2) is 0 Å². The van der Waals surface area contributed by atoms with E-state index in [4.69, 9.17) is 10.5 Å². The van der Waals surface area contributed by atoms with Gasteiger partial charge in [-0.1, -0.05) is 12.1 Å². The first kappa shape index (κ1) is 10.8. The fraction of sp³-hybridized carbons (Fsp3) is 0.286. The van der Waals surface area contributed by atoms with Gasteiger partial charge in [0.15, 0.2) is 0 Å². The summed E-state index contributed by atoms with van der Waals surface area (Å²) in [7, 11) is 0. The highest BCUT2D eigenvalue weighted by Crippen LogP contribution is 2.43. The Kier molecular flexibility index (Phi) is 2.45. The van der Waals surface area contributed by atoms with Crippen LogP contribution in [-0.4, -0.2) is 13.2 Å². The van der Waals surface area contributed by atoms with Gasteiger partial charge in [-0.2, -0.15) is 0 Å². The van der Waals surface area contributed by atoms with Gasteiger partial charge in [-0.3, -0.25) is 0 Å². The van der Waals surface area contributed by atoms with Crippen molar-refractivity contribution in [3.63, 3.8) is 0 Å². The zero-order valence-electron chi connectivity index (χ0n) is 9.77. The topological polar surface area (TPSA) is 35.2 Å². The maximum atomic E-state index is 5.89. The molecule has 0 radical (unpaired) electrons. The van der Waals surface area contributed by atoms with E-state index < -0.39 is 0 Å². The summed E-state index contributed by atoms with van der Waals surface area (Å²) in [4.78, 5) is 1.41. The predicted molar refractivity (Wildman–Crippen MR) is 71.5 cm³/mol. The molecule has 1 aromatic heterocycles. The predicted octanol–water partition coefficient (Wildman–Crippen LogP) is 2.96. The maximum absolute atomic E-state index is 5.89. The molecule has 0 bridgehead atoms. The number of thiophene rings is 1. The van der Waals surface area contributed by atoms with Crippen molar-refractivity contribution in [2.45, 2.75) is 12.3 Å². The molecule has 2 aromatic rings. The molecule has 3 rings (SSSR count). The Bertz CT molecular complexity index is 543. The Morgan fingerprint density at radius 3 is 2.65 bits per heavy atom. The lowest BCUT2D eigenvalue weighted by Crippen LogP contribution is -2.47. The SMILES string of the molecule is Cc1ccsc1C1(c2cccc(N)c2)COC1. The zero-order chi connectivity index (χ0) is 11.9. The second-order valence-corrected chi connectivity index (χ2v) is 5.55. The van der Waals surface area contributed by atoms with Crippen LogP contribution < -0.4 is 5.73 Å². The number of nitrogen functional groups attached to an aromatic ring is 1. The van der Waals surface area contributed by atoms with Crippen molar-refractivity contribution in [3.8, 4) is 0 Å². The van der Waals surface area contributed by atoms with Crippen molar-refractivity contribution < 1.29 is 4.74 Å². The molecule has 1 aliphatic rings. The highest BCUT2D eigenvalue weighted by molar-refractivity contribution is 7.10. The van der Waals surface area contributed by atoms with Crippen molar-refractivity contribution >= 4 is 17.0 Å². The Labute approximate surface area is 105 Å². The molecule has 0 aliphatic carbocycles. The highest BCUT2D eigenvalue weighted by atomic mass is 32.1. The standard InChI is InChI=1S/C14H15NOS/c1-10-5-6-17-13(10)14(8-16-9-14)11-3-2-4-12(15)7-11/h2-7H,8-9,15H2,1H3. The Hall–Kier alpha value is -1.32. The van der Waals surface area contributed by atoms with Crippen LogP contribution in [0.25, 0.3) is 0 Å². The number of rotatable bonds is 2. The van der Waals surface area contributed by atoms with Crippen LogP contribution in [0.2, 0.25) is 0 Å². The average Bonchev–Trinajstić information content (AvgIpc) is 2.64. The quantitative estimate of drug-likeness (QED) is 0.826. The van der Waals surface area contributed by atoms with Gasteiger partial charge in [-0.05, 0) is 41.6 Å². The van der Waals surface area contributed by atoms with Crippen LogP contribution in [0.3, 0.4) is 0 Å². The van der Waals surface area contributed by atoms with Crippen LogP contribution in [0, 0.1) is 6.92 Å². The number of ether oxygens (including phenoxy) is 1. The van der Waals surface area contributed by atoms with Gasteiger partial charge in [0.25, 0.3) is 0 Å². The van der Waals surface area contributed by atoms with E-state index >= 15 is 0 Å². The van der Waals surface area contributed by atoms with Crippen molar-refractivity contribution in [2.24, 2.45) is 0 Å². The Morgan fingerprint density at radius 2 is 2.12 bits per heavy atom. The summed E-state index contributed by atoms with van der Waals surface area (Å²) in [6, 6.07) is 10.3.